The van der Waals surface area contributed by atoms with Gasteiger partial charge in [0.2, 0.25) is 0 Å². The number of benzene rings is 2. The minimum atomic E-state index is -0.934. The highest BCUT2D eigenvalue weighted by Crippen LogP contribution is 2.25. The lowest BCUT2D eigenvalue weighted by atomic mass is 9.86. The Kier molecular flexibility index (Phi) is 6.66. The molecule has 1 fully saturated rings. The third kappa shape index (κ3) is 5.57. The summed E-state index contributed by atoms with van der Waals surface area (Å²) in [5.41, 5.74) is 1.38. The van der Waals surface area contributed by atoms with Crippen molar-refractivity contribution in [1.82, 2.24) is 5.32 Å². The topological polar surface area (TPSA) is 84.9 Å². The maximum atomic E-state index is 12.5. The first-order valence-electron chi connectivity index (χ1n) is 9.41. The average Bonchev–Trinajstić information content (AvgIpc) is 2.68. The smallest absolute Gasteiger partial charge is 0.305 e. The first-order chi connectivity index (χ1) is 13.6. The first kappa shape index (κ1) is 19.9. The molecule has 0 spiro atoms. The van der Waals surface area contributed by atoms with Gasteiger partial charge in [-0.1, -0.05) is 48.5 Å². The van der Waals surface area contributed by atoms with Crippen LogP contribution in [0.3, 0.4) is 0 Å². The second-order valence-electron chi connectivity index (χ2n) is 7.07. The van der Waals surface area contributed by atoms with Crippen molar-refractivity contribution in [3.8, 4) is 5.75 Å². The highest BCUT2D eigenvalue weighted by molar-refractivity contribution is 5.79. The van der Waals surface area contributed by atoms with E-state index in [2.05, 4.69) is 5.32 Å². The summed E-state index contributed by atoms with van der Waals surface area (Å²) in [5, 5.41) is 12.1. The molecule has 1 amide bonds. The largest absolute Gasteiger partial charge is 0.483 e. The van der Waals surface area contributed by atoms with Gasteiger partial charge in [0.1, 0.15) is 5.75 Å². The van der Waals surface area contributed by atoms with Crippen LogP contribution >= 0.6 is 0 Å². The number of hydrogen-bond acceptors (Lipinski definition) is 4. The van der Waals surface area contributed by atoms with Gasteiger partial charge in [-0.25, -0.2) is 0 Å². The molecule has 1 saturated heterocycles. The molecule has 1 heterocycles. The predicted molar refractivity (Wildman–Crippen MR) is 104 cm³/mol. The van der Waals surface area contributed by atoms with Crippen LogP contribution in [0.1, 0.15) is 30.4 Å². The van der Waals surface area contributed by atoms with Crippen molar-refractivity contribution in [1.29, 1.82) is 0 Å². The quantitative estimate of drug-likeness (QED) is 0.732. The van der Waals surface area contributed by atoms with Crippen LogP contribution in [-0.2, 0) is 20.7 Å². The number of ether oxygens (including phenoxy) is 2. The number of para-hydroxylation sites is 1. The van der Waals surface area contributed by atoms with Crippen molar-refractivity contribution >= 4 is 11.9 Å². The molecule has 0 aliphatic carbocycles. The van der Waals surface area contributed by atoms with Crippen LogP contribution in [0.2, 0.25) is 0 Å². The fourth-order valence-corrected chi connectivity index (χ4v) is 3.48. The molecule has 3 rings (SSSR count). The Morgan fingerprint density at radius 1 is 1.04 bits per heavy atom. The standard InChI is InChI=1S/C22H25NO5/c24-20(23-22(15-21(25)26)10-12-27-13-11-22)16-28-19-9-5-4-8-18(19)14-17-6-2-1-3-7-17/h1-9H,10-16H2,(H,23,24)(H,25,26). The van der Waals surface area contributed by atoms with Gasteiger partial charge in [-0.2, -0.15) is 0 Å². The number of carboxylic acid groups (broad SMARTS) is 1. The molecule has 2 N–H and O–H groups in total. The van der Waals surface area contributed by atoms with Crippen LogP contribution in [0.25, 0.3) is 0 Å². The molecule has 0 radical (unpaired) electrons. The Morgan fingerprint density at radius 3 is 2.43 bits per heavy atom. The zero-order valence-corrected chi connectivity index (χ0v) is 15.7. The van der Waals surface area contributed by atoms with E-state index in [1.807, 2.05) is 54.6 Å². The van der Waals surface area contributed by atoms with Gasteiger partial charge < -0.3 is 19.9 Å². The minimum Gasteiger partial charge on any atom is -0.483 e. The summed E-state index contributed by atoms with van der Waals surface area (Å²) in [5.74, 6) is -0.602. The van der Waals surface area contributed by atoms with Crippen LogP contribution in [-0.4, -0.2) is 42.3 Å². The number of carboxylic acids is 1. The second-order valence-corrected chi connectivity index (χ2v) is 7.07. The first-order valence-corrected chi connectivity index (χ1v) is 9.41. The zero-order chi connectivity index (χ0) is 19.8. The molecule has 0 unspecified atom stereocenters. The average molecular weight is 383 g/mol. The molecule has 0 bridgehead atoms. The fourth-order valence-electron chi connectivity index (χ4n) is 3.48. The highest BCUT2D eigenvalue weighted by Gasteiger charge is 2.36. The summed E-state index contributed by atoms with van der Waals surface area (Å²) < 4.78 is 11.1. The van der Waals surface area contributed by atoms with E-state index in [-0.39, 0.29) is 18.9 Å². The van der Waals surface area contributed by atoms with E-state index < -0.39 is 11.5 Å². The normalized spacial score (nSPS) is 15.6. The summed E-state index contributed by atoms with van der Waals surface area (Å²) in [6.07, 6.45) is 1.55. The van der Waals surface area contributed by atoms with Crippen LogP contribution in [0.5, 0.6) is 5.75 Å². The monoisotopic (exact) mass is 383 g/mol. The Hall–Kier alpha value is -2.86. The summed E-state index contributed by atoms with van der Waals surface area (Å²) >= 11 is 0. The Morgan fingerprint density at radius 2 is 1.71 bits per heavy atom. The zero-order valence-electron chi connectivity index (χ0n) is 15.7. The predicted octanol–water partition coefficient (Wildman–Crippen LogP) is 2.80. The van der Waals surface area contributed by atoms with Crippen molar-refractivity contribution in [2.24, 2.45) is 0 Å². The lowest BCUT2D eigenvalue weighted by Gasteiger charge is -2.36. The van der Waals surface area contributed by atoms with Gasteiger partial charge >= 0.3 is 5.97 Å². The van der Waals surface area contributed by atoms with E-state index in [1.165, 1.54) is 0 Å². The minimum absolute atomic E-state index is 0.118. The lowest BCUT2D eigenvalue weighted by molar-refractivity contribution is -0.140. The van der Waals surface area contributed by atoms with E-state index >= 15 is 0 Å². The number of carbonyl (C=O) groups is 2. The summed E-state index contributed by atoms with van der Waals surface area (Å²) in [7, 11) is 0. The summed E-state index contributed by atoms with van der Waals surface area (Å²) in [4.78, 5) is 23.7. The molecule has 1 aliphatic heterocycles. The summed E-state index contributed by atoms with van der Waals surface area (Å²) in [6.45, 7) is 0.719. The van der Waals surface area contributed by atoms with Crippen LogP contribution in [0.15, 0.2) is 54.6 Å². The fraction of sp³-hybridized carbons (Fsp3) is 0.364. The molecule has 1 aliphatic rings. The Balaban J connectivity index is 1.62. The molecule has 6 heteroatoms. The maximum Gasteiger partial charge on any atom is 0.305 e. The Labute approximate surface area is 164 Å². The van der Waals surface area contributed by atoms with Gasteiger partial charge in [0.25, 0.3) is 5.91 Å². The number of hydrogen-bond donors (Lipinski definition) is 2. The number of carbonyl (C=O) groups excluding carboxylic acids is 1. The van der Waals surface area contributed by atoms with Crippen LogP contribution < -0.4 is 10.1 Å². The van der Waals surface area contributed by atoms with Gasteiger partial charge in [0.15, 0.2) is 6.61 Å². The lowest BCUT2D eigenvalue weighted by Crippen LogP contribution is -2.54. The van der Waals surface area contributed by atoms with Crippen molar-refractivity contribution in [2.45, 2.75) is 31.2 Å². The molecule has 0 saturated carbocycles. The molecule has 28 heavy (non-hydrogen) atoms. The third-order valence-corrected chi connectivity index (χ3v) is 4.91. The molecular formula is C22H25NO5. The molecule has 0 aromatic heterocycles. The highest BCUT2D eigenvalue weighted by atomic mass is 16.5. The molecular weight excluding hydrogens is 358 g/mol. The Bertz CT molecular complexity index is 800. The van der Waals surface area contributed by atoms with E-state index in [0.717, 1.165) is 11.1 Å². The molecule has 6 nitrogen and oxygen atoms in total. The molecule has 148 valence electrons. The van der Waals surface area contributed by atoms with Gasteiger partial charge in [-0.15, -0.1) is 0 Å². The second kappa shape index (κ2) is 9.37. The van der Waals surface area contributed by atoms with Gasteiger partial charge in [0.05, 0.1) is 12.0 Å². The van der Waals surface area contributed by atoms with Gasteiger partial charge in [-0.05, 0) is 30.0 Å². The van der Waals surface area contributed by atoms with Crippen LogP contribution in [0.4, 0.5) is 0 Å². The van der Waals surface area contributed by atoms with E-state index in [0.29, 0.717) is 38.2 Å². The van der Waals surface area contributed by atoms with E-state index in [9.17, 15) is 14.7 Å². The van der Waals surface area contributed by atoms with E-state index in [1.54, 1.807) is 0 Å². The number of rotatable bonds is 8. The number of aliphatic carboxylic acids is 1. The molecule has 2 aromatic carbocycles. The molecule has 0 atom stereocenters. The summed E-state index contributed by atoms with van der Waals surface area (Å²) in [6, 6.07) is 17.7. The van der Waals surface area contributed by atoms with Gasteiger partial charge in [0, 0.05) is 19.6 Å². The SMILES string of the molecule is O=C(O)CC1(NC(=O)COc2ccccc2Cc2ccccc2)CCOCC1. The number of amides is 1. The van der Waals surface area contributed by atoms with E-state index in [4.69, 9.17) is 9.47 Å². The molecule has 2 aromatic rings. The number of nitrogens with one attached hydrogen (secondary N) is 1. The van der Waals surface area contributed by atoms with Crippen molar-refractivity contribution in [3.63, 3.8) is 0 Å². The van der Waals surface area contributed by atoms with Gasteiger partial charge in [-0.3, -0.25) is 9.59 Å². The van der Waals surface area contributed by atoms with Crippen LogP contribution in [0, 0.1) is 0 Å². The maximum absolute atomic E-state index is 12.5. The van der Waals surface area contributed by atoms with Crippen molar-refractivity contribution < 1.29 is 24.2 Å². The van der Waals surface area contributed by atoms with Crippen molar-refractivity contribution in [2.75, 3.05) is 19.8 Å². The third-order valence-electron chi connectivity index (χ3n) is 4.91. The van der Waals surface area contributed by atoms with Crippen molar-refractivity contribution in [3.05, 3.63) is 65.7 Å².